The first kappa shape index (κ1) is 18.5. The van der Waals surface area contributed by atoms with Crippen LogP contribution in [0.1, 0.15) is 25.8 Å². The van der Waals surface area contributed by atoms with Gasteiger partial charge in [-0.1, -0.05) is 30.6 Å². The molecule has 0 bridgehead atoms. The molecule has 1 aromatic carbocycles. The van der Waals surface area contributed by atoms with E-state index in [1.807, 2.05) is 13.8 Å². The molecule has 0 aliphatic rings. The van der Waals surface area contributed by atoms with E-state index < -0.39 is 0 Å². The number of nitrogens with zero attached hydrogens (tertiary/aromatic N) is 2. The van der Waals surface area contributed by atoms with Crippen LogP contribution in [0.15, 0.2) is 16.7 Å². The fourth-order valence-corrected chi connectivity index (χ4v) is 2.11. The van der Waals surface area contributed by atoms with Crippen molar-refractivity contribution in [3.8, 4) is 22.9 Å². The van der Waals surface area contributed by atoms with Gasteiger partial charge in [0.25, 0.3) is 0 Å². The average Bonchev–Trinajstić information content (AvgIpc) is 2.95. The van der Waals surface area contributed by atoms with E-state index in [0.717, 1.165) is 0 Å². The van der Waals surface area contributed by atoms with Gasteiger partial charge in [0.1, 0.15) is 0 Å². The standard InChI is InChI=1S/C14H18ClN3O3.ClH/c1-7(2)11(16)14-17-13(18-21-14)8-5-9(15)12(20-4)10(6-8)19-3;/h5-7,11H,16H2,1-4H3;1H/t11-;/m0./s1. The van der Waals surface area contributed by atoms with Crippen molar-refractivity contribution < 1.29 is 14.0 Å². The van der Waals surface area contributed by atoms with Crippen molar-refractivity contribution in [2.45, 2.75) is 19.9 Å². The molecule has 0 spiro atoms. The van der Waals surface area contributed by atoms with Gasteiger partial charge in [-0.15, -0.1) is 12.4 Å². The molecule has 2 aromatic rings. The van der Waals surface area contributed by atoms with Gasteiger partial charge in [-0.3, -0.25) is 0 Å². The van der Waals surface area contributed by atoms with E-state index in [1.165, 1.54) is 14.2 Å². The third kappa shape index (κ3) is 3.63. The number of methoxy groups -OCH3 is 2. The topological polar surface area (TPSA) is 83.4 Å². The molecular formula is C14H19Cl2N3O3. The number of hydrogen-bond donors (Lipinski definition) is 1. The summed E-state index contributed by atoms with van der Waals surface area (Å²) in [6.45, 7) is 3.98. The monoisotopic (exact) mass is 347 g/mol. The van der Waals surface area contributed by atoms with Crippen LogP contribution in [0.5, 0.6) is 11.5 Å². The first-order valence-corrected chi connectivity index (χ1v) is 6.86. The number of halogens is 2. The Balaban J connectivity index is 0.00000242. The molecule has 2 N–H and O–H groups in total. The molecule has 8 heteroatoms. The molecule has 6 nitrogen and oxygen atoms in total. The molecular weight excluding hydrogens is 329 g/mol. The number of benzene rings is 1. The molecule has 0 unspecified atom stereocenters. The second kappa shape index (κ2) is 7.67. The summed E-state index contributed by atoms with van der Waals surface area (Å²) in [6, 6.07) is 3.13. The average molecular weight is 348 g/mol. The highest BCUT2D eigenvalue weighted by Crippen LogP contribution is 2.38. The zero-order valence-electron chi connectivity index (χ0n) is 12.8. The van der Waals surface area contributed by atoms with E-state index in [2.05, 4.69) is 10.1 Å². The van der Waals surface area contributed by atoms with Gasteiger partial charge < -0.3 is 19.7 Å². The molecule has 0 aliphatic carbocycles. The lowest BCUT2D eigenvalue weighted by Crippen LogP contribution is -2.16. The van der Waals surface area contributed by atoms with Crippen molar-refractivity contribution in [3.05, 3.63) is 23.0 Å². The Hall–Kier alpha value is -1.50. The third-order valence-electron chi connectivity index (χ3n) is 3.14. The molecule has 2 rings (SSSR count). The van der Waals surface area contributed by atoms with Gasteiger partial charge >= 0.3 is 0 Å². The highest BCUT2D eigenvalue weighted by atomic mass is 35.5. The third-order valence-corrected chi connectivity index (χ3v) is 3.42. The molecule has 0 saturated heterocycles. The minimum absolute atomic E-state index is 0. The quantitative estimate of drug-likeness (QED) is 0.891. The summed E-state index contributed by atoms with van der Waals surface area (Å²) in [7, 11) is 3.06. The van der Waals surface area contributed by atoms with Crippen LogP contribution < -0.4 is 15.2 Å². The molecule has 22 heavy (non-hydrogen) atoms. The van der Waals surface area contributed by atoms with Crippen LogP contribution in [0.3, 0.4) is 0 Å². The molecule has 0 radical (unpaired) electrons. The van der Waals surface area contributed by atoms with Gasteiger partial charge in [-0.2, -0.15) is 4.98 Å². The van der Waals surface area contributed by atoms with Gasteiger partial charge in [-0.25, -0.2) is 0 Å². The number of nitrogens with two attached hydrogens (primary N) is 1. The Morgan fingerprint density at radius 3 is 2.45 bits per heavy atom. The van der Waals surface area contributed by atoms with E-state index in [9.17, 15) is 0 Å². The molecule has 1 heterocycles. The second-order valence-corrected chi connectivity index (χ2v) is 5.33. The lowest BCUT2D eigenvalue weighted by molar-refractivity contribution is 0.325. The Morgan fingerprint density at radius 1 is 1.23 bits per heavy atom. The van der Waals surface area contributed by atoms with Gasteiger partial charge in [0.05, 0.1) is 25.3 Å². The minimum Gasteiger partial charge on any atom is -0.493 e. The maximum absolute atomic E-state index is 6.17. The summed E-state index contributed by atoms with van der Waals surface area (Å²) in [4.78, 5) is 4.32. The first-order chi connectivity index (χ1) is 9.97. The van der Waals surface area contributed by atoms with Gasteiger partial charge in [0.15, 0.2) is 11.5 Å². The molecule has 0 aliphatic heterocycles. The number of ether oxygens (including phenoxy) is 2. The van der Waals surface area contributed by atoms with Crippen LogP contribution in [0.2, 0.25) is 5.02 Å². The Bertz CT molecular complexity index is 632. The molecule has 0 saturated carbocycles. The van der Waals surface area contributed by atoms with E-state index >= 15 is 0 Å². The van der Waals surface area contributed by atoms with Crippen LogP contribution in [0, 0.1) is 5.92 Å². The summed E-state index contributed by atoms with van der Waals surface area (Å²) in [5, 5.41) is 4.35. The van der Waals surface area contributed by atoms with Crippen LogP contribution in [0.4, 0.5) is 0 Å². The predicted molar refractivity (Wildman–Crippen MR) is 86.9 cm³/mol. The number of hydrogen-bond acceptors (Lipinski definition) is 6. The van der Waals surface area contributed by atoms with Crippen molar-refractivity contribution in [2.24, 2.45) is 11.7 Å². The lowest BCUT2D eigenvalue weighted by atomic mass is 10.1. The van der Waals surface area contributed by atoms with Crippen LogP contribution in [-0.4, -0.2) is 24.4 Å². The van der Waals surface area contributed by atoms with E-state index in [0.29, 0.717) is 33.8 Å². The molecule has 0 amide bonds. The molecule has 0 fully saturated rings. The van der Waals surface area contributed by atoms with E-state index in [1.54, 1.807) is 12.1 Å². The number of rotatable bonds is 5. The Labute approximate surface area is 140 Å². The van der Waals surface area contributed by atoms with Crippen molar-refractivity contribution in [1.82, 2.24) is 10.1 Å². The van der Waals surface area contributed by atoms with Gasteiger partial charge in [-0.05, 0) is 18.1 Å². The summed E-state index contributed by atoms with van der Waals surface area (Å²) in [6.07, 6.45) is 0. The van der Waals surface area contributed by atoms with Crippen molar-refractivity contribution in [3.63, 3.8) is 0 Å². The summed E-state index contributed by atoms with van der Waals surface area (Å²) in [5.74, 6) is 1.96. The SMILES string of the molecule is COc1cc(-c2noc([C@@H](N)C(C)C)n2)cc(Cl)c1OC.Cl. The highest BCUT2D eigenvalue weighted by molar-refractivity contribution is 6.32. The Morgan fingerprint density at radius 2 is 1.91 bits per heavy atom. The van der Waals surface area contributed by atoms with Crippen molar-refractivity contribution >= 4 is 24.0 Å². The maximum Gasteiger partial charge on any atom is 0.244 e. The van der Waals surface area contributed by atoms with Gasteiger partial charge in [0, 0.05) is 5.56 Å². The van der Waals surface area contributed by atoms with Crippen molar-refractivity contribution in [1.29, 1.82) is 0 Å². The van der Waals surface area contributed by atoms with Crippen molar-refractivity contribution in [2.75, 3.05) is 14.2 Å². The molecule has 1 aromatic heterocycles. The zero-order valence-corrected chi connectivity index (χ0v) is 14.4. The fourth-order valence-electron chi connectivity index (χ4n) is 1.82. The van der Waals surface area contributed by atoms with Crippen LogP contribution in [0.25, 0.3) is 11.4 Å². The smallest absolute Gasteiger partial charge is 0.244 e. The van der Waals surface area contributed by atoms with Gasteiger partial charge in [0.2, 0.25) is 11.7 Å². The highest BCUT2D eigenvalue weighted by Gasteiger charge is 2.20. The second-order valence-electron chi connectivity index (χ2n) is 4.92. The van der Waals surface area contributed by atoms with E-state index in [4.69, 9.17) is 31.3 Å². The zero-order chi connectivity index (χ0) is 15.6. The normalized spacial score (nSPS) is 12.0. The fraction of sp³-hybridized carbons (Fsp3) is 0.429. The summed E-state index contributed by atoms with van der Waals surface area (Å²) < 4.78 is 15.7. The summed E-state index contributed by atoms with van der Waals surface area (Å²) >= 11 is 6.17. The minimum atomic E-state index is -0.304. The van der Waals surface area contributed by atoms with Crippen LogP contribution in [-0.2, 0) is 0 Å². The lowest BCUT2D eigenvalue weighted by Gasteiger charge is -2.10. The van der Waals surface area contributed by atoms with Crippen LogP contribution >= 0.6 is 24.0 Å². The maximum atomic E-state index is 6.17. The summed E-state index contributed by atoms with van der Waals surface area (Å²) in [5.41, 5.74) is 6.66. The predicted octanol–water partition coefficient (Wildman–Crippen LogP) is 3.48. The largest absolute Gasteiger partial charge is 0.493 e. The first-order valence-electron chi connectivity index (χ1n) is 6.49. The molecule has 1 atom stereocenters. The van der Waals surface area contributed by atoms with E-state index in [-0.39, 0.29) is 24.4 Å². The Kier molecular flexibility index (Phi) is 6.47. The molecule has 122 valence electrons. The number of aromatic nitrogens is 2.